The molecule has 0 fully saturated rings. The van der Waals surface area contributed by atoms with Crippen LogP contribution in [-0.4, -0.2) is 27.1 Å². The third-order valence-corrected chi connectivity index (χ3v) is 1.78. The second-order valence-corrected chi connectivity index (χ2v) is 2.89. The number of aromatic nitrogens is 1. The van der Waals surface area contributed by atoms with Crippen molar-refractivity contribution in [3.8, 4) is 0 Å². The molecule has 5 nitrogen and oxygen atoms in total. The smallest absolute Gasteiger partial charge is 0.313 e. The first-order valence-corrected chi connectivity index (χ1v) is 4.06. The molecule has 80 valence electrons. The van der Waals surface area contributed by atoms with Gasteiger partial charge in [-0.1, -0.05) is 0 Å². The van der Waals surface area contributed by atoms with Gasteiger partial charge in [-0.25, -0.2) is 4.39 Å². The Balaban J connectivity index is 2.94. The molecule has 1 unspecified atom stereocenters. The van der Waals surface area contributed by atoms with Gasteiger partial charge in [0.15, 0.2) is 0 Å². The number of hydrogen-bond donors (Lipinski definition) is 2. The fraction of sp³-hybridized carbons (Fsp3) is 0.222. The standard InChI is InChI=1S/C9H8FNO4/c10-5-1-2-7(11-4-5)6(9(14)15)3-8(12)13/h1-2,4,6H,3H2,(H,12,13)(H,14,15). The van der Waals surface area contributed by atoms with Crippen LogP contribution in [0.15, 0.2) is 18.3 Å². The molecule has 0 radical (unpaired) electrons. The minimum atomic E-state index is -1.29. The van der Waals surface area contributed by atoms with Gasteiger partial charge >= 0.3 is 11.9 Å². The summed E-state index contributed by atoms with van der Waals surface area (Å²) in [5.74, 6) is -4.38. The van der Waals surface area contributed by atoms with Crippen LogP contribution in [0.1, 0.15) is 18.0 Å². The monoisotopic (exact) mass is 213 g/mol. The van der Waals surface area contributed by atoms with Gasteiger partial charge in [0, 0.05) is 0 Å². The minimum Gasteiger partial charge on any atom is -0.481 e. The van der Waals surface area contributed by atoms with Gasteiger partial charge < -0.3 is 10.2 Å². The summed E-state index contributed by atoms with van der Waals surface area (Å²) < 4.78 is 12.5. The van der Waals surface area contributed by atoms with Gasteiger partial charge in [0.25, 0.3) is 0 Å². The lowest BCUT2D eigenvalue weighted by atomic mass is 10.0. The molecule has 0 aliphatic carbocycles. The molecule has 0 saturated heterocycles. The maximum absolute atomic E-state index is 12.5. The largest absolute Gasteiger partial charge is 0.481 e. The predicted molar refractivity (Wildman–Crippen MR) is 46.8 cm³/mol. The van der Waals surface area contributed by atoms with Crippen LogP contribution >= 0.6 is 0 Å². The van der Waals surface area contributed by atoms with Crippen molar-refractivity contribution in [2.75, 3.05) is 0 Å². The number of aliphatic carboxylic acids is 2. The Morgan fingerprint density at radius 1 is 1.40 bits per heavy atom. The van der Waals surface area contributed by atoms with Crippen LogP contribution in [0, 0.1) is 5.82 Å². The van der Waals surface area contributed by atoms with E-state index in [9.17, 15) is 14.0 Å². The van der Waals surface area contributed by atoms with Gasteiger partial charge in [-0.3, -0.25) is 14.6 Å². The van der Waals surface area contributed by atoms with Crippen LogP contribution in [0.4, 0.5) is 4.39 Å². The van der Waals surface area contributed by atoms with Crippen molar-refractivity contribution in [3.05, 3.63) is 29.8 Å². The molecule has 1 aromatic rings. The molecule has 1 aromatic heterocycles. The SMILES string of the molecule is O=C(O)CC(C(=O)O)c1ccc(F)cn1. The first-order valence-electron chi connectivity index (χ1n) is 4.06. The zero-order valence-electron chi connectivity index (χ0n) is 7.55. The minimum absolute atomic E-state index is 0.0336. The van der Waals surface area contributed by atoms with E-state index in [1.54, 1.807) is 0 Å². The lowest BCUT2D eigenvalue weighted by molar-refractivity contribution is -0.145. The highest BCUT2D eigenvalue weighted by Gasteiger charge is 2.24. The van der Waals surface area contributed by atoms with E-state index >= 15 is 0 Å². The highest BCUT2D eigenvalue weighted by molar-refractivity contribution is 5.81. The fourth-order valence-corrected chi connectivity index (χ4v) is 1.09. The van der Waals surface area contributed by atoms with E-state index in [2.05, 4.69) is 4.98 Å². The molecular formula is C9H8FNO4. The number of pyridine rings is 1. The molecule has 0 spiro atoms. The van der Waals surface area contributed by atoms with Gasteiger partial charge in [0.2, 0.25) is 0 Å². The average molecular weight is 213 g/mol. The van der Waals surface area contributed by atoms with Crippen molar-refractivity contribution >= 4 is 11.9 Å². The zero-order valence-corrected chi connectivity index (χ0v) is 7.55. The van der Waals surface area contributed by atoms with Crippen LogP contribution in [0.3, 0.4) is 0 Å². The number of nitrogens with zero attached hydrogens (tertiary/aromatic N) is 1. The van der Waals surface area contributed by atoms with Crippen molar-refractivity contribution in [2.45, 2.75) is 12.3 Å². The van der Waals surface area contributed by atoms with Crippen molar-refractivity contribution in [2.24, 2.45) is 0 Å². The Morgan fingerprint density at radius 3 is 2.47 bits per heavy atom. The molecule has 0 aliphatic heterocycles. The summed E-state index contributed by atoms with van der Waals surface area (Å²) in [4.78, 5) is 24.6. The van der Waals surface area contributed by atoms with Crippen molar-refractivity contribution in [3.63, 3.8) is 0 Å². The number of carboxylic acid groups (broad SMARTS) is 2. The zero-order chi connectivity index (χ0) is 11.4. The molecule has 0 aromatic carbocycles. The van der Waals surface area contributed by atoms with E-state index in [0.717, 1.165) is 18.3 Å². The Bertz CT molecular complexity index is 376. The van der Waals surface area contributed by atoms with Gasteiger partial charge in [0.05, 0.1) is 18.3 Å². The number of carboxylic acids is 2. The summed E-state index contributed by atoms with van der Waals surface area (Å²) in [7, 11) is 0. The predicted octanol–water partition coefficient (Wildman–Crippen LogP) is 0.864. The molecule has 0 bridgehead atoms. The topological polar surface area (TPSA) is 87.5 Å². The molecular weight excluding hydrogens is 205 g/mol. The van der Waals surface area contributed by atoms with Crippen LogP contribution in [0.5, 0.6) is 0 Å². The maximum atomic E-state index is 12.5. The number of halogens is 1. The Morgan fingerprint density at radius 2 is 2.07 bits per heavy atom. The first kappa shape index (κ1) is 11.1. The molecule has 6 heteroatoms. The Kier molecular flexibility index (Phi) is 3.33. The van der Waals surface area contributed by atoms with E-state index in [0.29, 0.717) is 0 Å². The molecule has 1 heterocycles. The van der Waals surface area contributed by atoms with E-state index < -0.39 is 30.1 Å². The molecule has 1 rings (SSSR count). The summed E-state index contributed by atoms with van der Waals surface area (Å²) in [6, 6.07) is 2.21. The van der Waals surface area contributed by atoms with E-state index in [1.165, 1.54) is 0 Å². The summed E-state index contributed by atoms with van der Waals surface area (Å²) in [5, 5.41) is 17.2. The quantitative estimate of drug-likeness (QED) is 0.774. The Hall–Kier alpha value is -1.98. The molecule has 15 heavy (non-hydrogen) atoms. The second kappa shape index (κ2) is 4.50. The molecule has 0 amide bonds. The van der Waals surface area contributed by atoms with Gasteiger partial charge in [-0.2, -0.15) is 0 Å². The van der Waals surface area contributed by atoms with Gasteiger partial charge in [-0.05, 0) is 12.1 Å². The van der Waals surface area contributed by atoms with Crippen molar-refractivity contribution in [1.29, 1.82) is 0 Å². The summed E-state index contributed by atoms with van der Waals surface area (Å²) in [6.45, 7) is 0. The number of rotatable bonds is 4. The van der Waals surface area contributed by atoms with Crippen LogP contribution in [0.25, 0.3) is 0 Å². The number of hydrogen-bond acceptors (Lipinski definition) is 3. The normalized spacial score (nSPS) is 12.1. The molecule has 0 saturated carbocycles. The highest BCUT2D eigenvalue weighted by atomic mass is 19.1. The lowest BCUT2D eigenvalue weighted by Gasteiger charge is -2.08. The second-order valence-electron chi connectivity index (χ2n) is 2.89. The third-order valence-electron chi connectivity index (χ3n) is 1.78. The summed E-state index contributed by atoms with van der Waals surface area (Å²) >= 11 is 0. The average Bonchev–Trinajstić information content (AvgIpc) is 2.15. The number of carbonyl (C=O) groups is 2. The molecule has 2 N–H and O–H groups in total. The van der Waals surface area contributed by atoms with Gasteiger partial charge in [-0.15, -0.1) is 0 Å². The maximum Gasteiger partial charge on any atom is 0.313 e. The van der Waals surface area contributed by atoms with Crippen LogP contribution < -0.4 is 0 Å². The fourth-order valence-electron chi connectivity index (χ4n) is 1.09. The lowest BCUT2D eigenvalue weighted by Crippen LogP contribution is -2.17. The van der Waals surface area contributed by atoms with E-state index in [4.69, 9.17) is 10.2 Å². The highest BCUT2D eigenvalue weighted by Crippen LogP contribution is 2.17. The van der Waals surface area contributed by atoms with Gasteiger partial charge in [0.1, 0.15) is 11.7 Å². The van der Waals surface area contributed by atoms with E-state index in [-0.39, 0.29) is 5.69 Å². The summed E-state index contributed by atoms with van der Waals surface area (Å²) in [6.07, 6.45) is 0.279. The molecule has 1 atom stereocenters. The van der Waals surface area contributed by atoms with Crippen LogP contribution in [0.2, 0.25) is 0 Å². The van der Waals surface area contributed by atoms with E-state index in [1.807, 2.05) is 0 Å². The van der Waals surface area contributed by atoms with Crippen molar-refractivity contribution in [1.82, 2.24) is 4.98 Å². The van der Waals surface area contributed by atoms with Crippen LogP contribution in [-0.2, 0) is 9.59 Å². The third kappa shape index (κ3) is 3.01. The van der Waals surface area contributed by atoms with Crippen molar-refractivity contribution < 1.29 is 24.2 Å². The summed E-state index contributed by atoms with van der Waals surface area (Å²) in [5.41, 5.74) is 0.0336. The molecule has 0 aliphatic rings. The Labute approximate surface area is 84.2 Å². The first-order chi connectivity index (χ1) is 7.00.